The summed E-state index contributed by atoms with van der Waals surface area (Å²) >= 11 is 0. The summed E-state index contributed by atoms with van der Waals surface area (Å²) in [6.45, 7) is 4.97. The zero-order chi connectivity index (χ0) is 16.2. The number of nitrogens with one attached hydrogen (secondary N) is 2. The lowest BCUT2D eigenvalue weighted by Gasteiger charge is -2.21. The predicted octanol–water partition coefficient (Wildman–Crippen LogP) is 1.19. The molecule has 1 rings (SSSR count). The monoisotopic (exact) mass is 312 g/mol. The SMILES string of the molecule is CC(=O)NC(C(=O)Nc1cccc(S(C)(=O)=O)c1)C(C)C. The van der Waals surface area contributed by atoms with Gasteiger partial charge in [0.1, 0.15) is 6.04 Å². The third kappa shape index (κ3) is 5.18. The second-order valence-corrected chi connectivity index (χ2v) is 7.23. The molecule has 0 spiro atoms. The van der Waals surface area contributed by atoms with Gasteiger partial charge in [0.2, 0.25) is 11.8 Å². The van der Waals surface area contributed by atoms with Crippen LogP contribution in [-0.2, 0) is 19.4 Å². The van der Waals surface area contributed by atoms with Gasteiger partial charge in [0.05, 0.1) is 4.90 Å². The van der Waals surface area contributed by atoms with Gasteiger partial charge in [-0.25, -0.2) is 8.42 Å². The second-order valence-electron chi connectivity index (χ2n) is 5.21. The minimum absolute atomic E-state index is 0.0907. The Morgan fingerprint density at radius 3 is 2.29 bits per heavy atom. The van der Waals surface area contributed by atoms with E-state index in [9.17, 15) is 18.0 Å². The number of hydrogen-bond acceptors (Lipinski definition) is 4. The summed E-state index contributed by atoms with van der Waals surface area (Å²) in [7, 11) is -3.34. The molecule has 1 unspecified atom stereocenters. The van der Waals surface area contributed by atoms with Crippen LogP contribution in [0.2, 0.25) is 0 Å². The molecule has 116 valence electrons. The van der Waals surface area contributed by atoms with Crippen molar-refractivity contribution in [3.63, 3.8) is 0 Å². The number of hydrogen-bond donors (Lipinski definition) is 2. The molecular weight excluding hydrogens is 292 g/mol. The molecule has 6 nitrogen and oxygen atoms in total. The standard InChI is InChI=1S/C14H20N2O4S/c1-9(2)13(15-10(3)17)14(18)16-11-6-5-7-12(8-11)21(4,19)20/h5-9,13H,1-4H3,(H,15,17)(H,16,18). The summed E-state index contributed by atoms with van der Waals surface area (Å²) in [5.74, 6) is -0.772. The molecule has 7 heteroatoms. The maximum absolute atomic E-state index is 12.2. The minimum Gasteiger partial charge on any atom is -0.344 e. The summed E-state index contributed by atoms with van der Waals surface area (Å²) < 4.78 is 23.0. The van der Waals surface area contributed by atoms with Crippen molar-refractivity contribution < 1.29 is 18.0 Å². The molecule has 0 heterocycles. The van der Waals surface area contributed by atoms with Gasteiger partial charge in [-0.1, -0.05) is 19.9 Å². The third-order valence-corrected chi connectivity index (χ3v) is 3.95. The summed E-state index contributed by atoms with van der Waals surface area (Å²) in [5.41, 5.74) is 0.374. The van der Waals surface area contributed by atoms with Crippen LogP contribution in [0.1, 0.15) is 20.8 Å². The van der Waals surface area contributed by atoms with Gasteiger partial charge >= 0.3 is 0 Å². The Kier molecular flexibility index (Phi) is 5.48. The molecule has 2 amide bonds. The quantitative estimate of drug-likeness (QED) is 0.854. The molecule has 0 saturated heterocycles. The van der Waals surface area contributed by atoms with E-state index in [4.69, 9.17) is 0 Å². The maximum atomic E-state index is 12.2. The molecule has 21 heavy (non-hydrogen) atoms. The van der Waals surface area contributed by atoms with Crippen molar-refractivity contribution in [1.82, 2.24) is 5.32 Å². The highest BCUT2D eigenvalue weighted by Gasteiger charge is 2.23. The second kappa shape index (κ2) is 6.71. The number of sulfone groups is 1. The first-order valence-corrected chi connectivity index (χ1v) is 8.38. The number of carbonyl (C=O) groups excluding carboxylic acids is 2. The molecule has 0 bridgehead atoms. The highest BCUT2D eigenvalue weighted by atomic mass is 32.2. The van der Waals surface area contributed by atoms with Crippen molar-refractivity contribution in [3.05, 3.63) is 24.3 Å². The van der Waals surface area contributed by atoms with Gasteiger partial charge < -0.3 is 10.6 Å². The van der Waals surface area contributed by atoms with E-state index < -0.39 is 15.9 Å². The van der Waals surface area contributed by atoms with Crippen molar-refractivity contribution >= 4 is 27.3 Å². The largest absolute Gasteiger partial charge is 0.344 e. The van der Waals surface area contributed by atoms with Gasteiger partial charge in [0.15, 0.2) is 9.84 Å². The van der Waals surface area contributed by atoms with Crippen LogP contribution in [0, 0.1) is 5.92 Å². The Morgan fingerprint density at radius 2 is 1.81 bits per heavy atom. The van der Waals surface area contributed by atoms with Crippen LogP contribution in [-0.4, -0.2) is 32.5 Å². The molecular formula is C14H20N2O4S. The maximum Gasteiger partial charge on any atom is 0.247 e. The Bertz CT molecular complexity index is 638. The van der Waals surface area contributed by atoms with Crippen LogP contribution in [0.25, 0.3) is 0 Å². The third-order valence-electron chi connectivity index (χ3n) is 2.84. The van der Waals surface area contributed by atoms with Crippen LogP contribution in [0.15, 0.2) is 29.2 Å². The van der Waals surface area contributed by atoms with E-state index in [2.05, 4.69) is 10.6 Å². The molecule has 1 aromatic carbocycles. The van der Waals surface area contributed by atoms with E-state index in [1.165, 1.54) is 19.1 Å². The van der Waals surface area contributed by atoms with Crippen molar-refractivity contribution in [2.45, 2.75) is 31.7 Å². The first kappa shape index (κ1) is 17.2. The van der Waals surface area contributed by atoms with Crippen LogP contribution in [0.3, 0.4) is 0 Å². The average Bonchev–Trinajstić information content (AvgIpc) is 2.34. The normalized spacial score (nSPS) is 12.8. The fourth-order valence-electron chi connectivity index (χ4n) is 1.78. The topological polar surface area (TPSA) is 92.3 Å². The lowest BCUT2D eigenvalue weighted by Crippen LogP contribution is -2.46. The lowest BCUT2D eigenvalue weighted by molar-refractivity contribution is -0.126. The molecule has 0 aromatic heterocycles. The zero-order valence-corrected chi connectivity index (χ0v) is 13.3. The fourth-order valence-corrected chi connectivity index (χ4v) is 2.45. The minimum atomic E-state index is -3.34. The number of anilines is 1. The predicted molar refractivity (Wildman–Crippen MR) is 80.6 cm³/mol. The van der Waals surface area contributed by atoms with E-state index in [0.29, 0.717) is 5.69 Å². The molecule has 2 N–H and O–H groups in total. The summed E-state index contributed by atoms with van der Waals surface area (Å²) in [4.78, 5) is 23.4. The van der Waals surface area contributed by atoms with Gasteiger partial charge in [0.25, 0.3) is 0 Å². The molecule has 0 aliphatic carbocycles. The molecule has 0 aliphatic rings. The molecule has 0 aliphatic heterocycles. The Morgan fingerprint density at radius 1 is 1.19 bits per heavy atom. The van der Waals surface area contributed by atoms with Gasteiger partial charge in [-0.05, 0) is 24.1 Å². The van der Waals surface area contributed by atoms with Gasteiger partial charge in [-0.3, -0.25) is 9.59 Å². The first-order valence-electron chi connectivity index (χ1n) is 6.49. The van der Waals surface area contributed by atoms with Gasteiger partial charge in [0, 0.05) is 18.9 Å². The van der Waals surface area contributed by atoms with E-state index >= 15 is 0 Å². The number of amides is 2. The van der Waals surface area contributed by atoms with E-state index in [1.54, 1.807) is 12.1 Å². The van der Waals surface area contributed by atoms with Gasteiger partial charge in [-0.2, -0.15) is 0 Å². The van der Waals surface area contributed by atoms with E-state index in [-0.39, 0.29) is 22.6 Å². The number of rotatable bonds is 5. The fraction of sp³-hybridized carbons (Fsp3) is 0.429. The van der Waals surface area contributed by atoms with Crippen LogP contribution in [0.5, 0.6) is 0 Å². The molecule has 0 saturated carbocycles. The average molecular weight is 312 g/mol. The first-order chi connectivity index (χ1) is 9.61. The van der Waals surface area contributed by atoms with E-state index in [0.717, 1.165) is 6.26 Å². The van der Waals surface area contributed by atoms with Crippen molar-refractivity contribution in [2.75, 3.05) is 11.6 Å². The van der Waals surface area contributed by atoms with Crippen LogP contribution >= 0.6 is 0 Å². The highest BCUT2D eigenvalue weighted by molar-refractivity contribution is 7.90. The molecule has 0 fully saturated rings. The van der Waals surface area contributed by atoms with Crippen molar-refractivity contribution in [1.29, 1.82) is 0 Å². The lowest BCUT2D eigenvalue weighted by atomic mass is 10.0. The van der Waals surface area contributed by atoms with Crippen LogP contribution in [0.4, 0.5) is 5.69 Å². The number of carbonyl (C=O) groups is 2. The number of benzene rings is 1. The summed E-state index contributed by atoms with van der Waals surface area (Å²) in [5, 5.41) is 5.20. The Hall–Kier alpha value is -1.89. The zero-order valence-electron chi connectivity index (χ0n) is 12.5. The highest BCUT2D eigenvalue weighted by Crippen LogP contribution is 2.16. The Labute approximate surface area is 124 Å². The van der Waals surface area contributed by atoms with Crippen molar-refractivity contribution in [2.24, 2.45) is 5.92 Å². The van der Waals surface area contributed by atoms with E-state index in [1.807, 2.05) is 13.8 Å². The van der Waals surface area contributed by atoms with Gasteiger partial charge in [-0.15, -0.1) is 0 Å². The summed E-state index contributed by atoms with van der Waals surface area (Å²) in [6.07, 6.45) is 1.10. The summed E-state index contributed by atoms with van der Waals surface area (Å²) in [6, 6.07) is 5.31. The molecule has 1 atom stereocenters. The molecule has 0 radical (unpaired) electrons. The van der Waals surface area contributed by atoms with Crippen LogP contribution < -0.4 is 10.6 Å². The molecule has 1 aromatic rings. The van der Waals surface area contributed by atoms with Crippen molar-refractivity contribution in [3.8, 4) is 0 Å². The Balaban J connectivity index is 2.94. The smallest absolute Gasteiger partial charge is 0.247 e.